The number of methoxy groups -OCH3 is 1. The second-order valence-corrected chi connectivity index (χ2v) is 11.1. The maximum atomic E-state index is 14.1. The summed E-state index contributed by atoms with van der Waals surface area (Å²) < 4.78 is 25.7. The Balaban J connectivity index is 1.20. The Morgan fingerprint density at radius 3 is 2.88 bits per heavy atom. The maximum Gasteiger partial charge on any atom is 0.267 e. The minimum absolute atomic E-state index is 0.00684. The summed E-state index contributed by atoms with van der Waals surface area (Å²) in [6, 6.07) is 9.61. The SMILES string of the molecule is C=CC(=O)N1CCN2c3ncc(-c4ccc(OC)c(Nc5ncc(C(=O)Nc6c(F)cccc6Cl)s5)n4)cc3OC[C@@H]2C1. The average Bonchev–Trinajstić information content (AvgIpc) is 3.50. The number of thiazole rings is 1. The van der Waals surface area contributed by atoms with Gasteiger partial charge in [0.2, 0.25) is 5.91 Å². The van der Waals surface area contributed by atoms with E-state index < -0.39 is 11.7 Å². The van der Waals surface area contributed by atoms with Crippen LogP contribution in [0.1, 0.15) is 9.67 Å². The number of nitrogens with one attached hydrogen (secondary N) is 2. The van der Waals surface area contributed by atoms with E-state index in [9.17, 15) is 14.0 Å². The number of anilines is 4. The van der Waals surface area contributed by atoms with E-state index in [2.05, 4.69) is 27.1 Å². The van der Waals surface area contributed by atoms with Crippen LogP contribution in [0.25, 0.3) is 11.3 Å². The van der Waals surface area contributed by atoms with Crippen LogP contribution < -0.4 is 25.0 Å². The van der Waals surface area contributed by atoms with Gasteiger partial charge in [-0.1, -0.05) is 35.6 Å². The van der Waals surface area contributed by atoms with Crippen LogP contribution >= 0.6 is 22.9 Å². The lowest BCUT2D eigenvalue weighted by atomic mass is 10.1. The van der Waals surface area contributed by atoms with Crippen molar-refractivity contribution in [3.63, 3.8) is 0 Å². The number of benzene rings is 1. The van der Waals surface area contributed by atoms with E-state index in [4.69, 9.17) is 31.0 Å². The molecular formula is C29H25ClFN7O4S. The van der Waals surface area contributed by atoms with Gasteiger partial charge in [0.15, 0.2) is 28.3 Å². The Morgan fingerprint density at radius 2 is 2.09 bits per heavy atom. The Kier molecular flexibility index (Phi) is 7.82. The first-order valence-corrected chi connectivity index (χ1v) is 14.4. The fourth-order valence-corrected chi connectivity index (χ4v) is 5.80. The van der Waals surface area contributed by atoms with Gasteiger partial charge < -0.3 is 29.9 Å². The molecule has 0 aliphatic carbocycles. The van der Waals surface area contributed by atoms with Gasteiger partial charge in [0.25, 0.3) is 5.91 Å². The number of hydrogen-bond acceptors (Lipinski definition) is 10. The molecule has 0 radical (unpaired) electrons. The number of nitrogens with zero attached hydrogens (tertiary/aromatic N) is 5. The number of piperazine rings is 1. The Bertz CT molecular complexity index is 1710. The highest BCUT2D eigenvalue weighted by Crippen LogP contribution is 2.37. The number of fused-ring (bicyclic) bond motifs is 3. The number of aromatic nitrogens is 3. The van der Waals surface area contributed by atoms with Crippen molar-refractivity contribution in [2.24, 2.45) is 0 Å². The summed E-state index contributed by atoms with van der Waals surface area (Å²) in [5.41, 5.74) is 1.23. The molecule has 11 nitrogen and oxygen atoms in total. The van der Waals surface area contributed by atoms with Gasteiger partial charge in [0.05, 0.1) is 35.8 Å². The first-order chi connectivity index (χ1) is 20.8. The summed E-state index contributed by atoms with van der Waals surface area (Å²) >= 11 is 7.09. The summed E-state index contributed by atoms with van der Waals surface area (Å²) in [5, 5.41) is 6.06. The third-order valence-electron chi connectivity index (χ3n) is 7.04. The minimum Gasteiger partial charge on any atom is -0.493 e. The zero-order chi connectivity index (χ0) is 30.1. The number of ether oxygens (including phenoxy) is 2. The topological polar surface area (TPSA) is 122 Å². The van der Waals surface area contributed by atoms with Gasteiger partial charge in [-0.05, 0) is 36.4 Å². The van der Waals surface area contributed by atoms with Crippen LogP contribution in [-0.4, -0.2) is 71.1 Å². The largest absolute Gasteiger partial charge is 0.493 e. The highest BCUT2D eigenvalue weighted by Gasteiger charge is 2.35. The molecule has 1 saturated heterocycles. The van der Waals surface area contributed by atoms with Crippen LogP contribution in [0.5, 0.6) is 11.5 Å². The second-order valence-electron chi connectivity index (χ2n) is 9.65. The molecule has 2 amide bonds. The number of pyridine rings is 2. The standard InChI is InChI=1S/C29H25ClFN7O4S/c1-3-24(39)37-9-10-38-17(14-37)15-42-22-11-16(12-32-27(22)38)20-7-8-21(41-2)26(34-20)36-29-33-13-23(43-29)28(40)35-25-18(30)5-4-6-19(25)31/h3-8,11-13,17H,1,9-10,14-15H2,2H3,(H,35,40)(H,33,34,36)/t17-/m0/s1. The molecule has 3 aromatic heterocycles. The number of rotatable bonds is 7. The predicted octanol–water partition coefficient (Wildman–Crippen LogP) is 4.99. The lowest BCUT2D eigenvalue weighted by Gasteiger charge is -2.44. The highest BCUT2D eigenvalue weighted by atomic mass is 35.5. The third kappa shape index (κ3) is 5.68. The van der Waals surface area contributed by atoms with Crippen molar-refractivity contribution in [3.8, 4) is 22.8 Å². The summed E-state index contributed by atoms with van der Waals surface area (Å²) in [4.78, 5) is 42.7. The molecule has 2 aliphatic rings. The van der Waals surface area contributed by atoms with Crippen LogP contribution in [0.3, 0.4) is 0 Å². The van der Waals surface area contributed by atoms with E-state index >= 15 is 0 Å². The van der Waals surface area contributed by atoms with Crippen molar-refractivity contribution in [1.29, 1.82) is 0 Å². The molecular weight excluding hydrogens is 597 g/mol. The molecule has 14 heteroatoms. The van der Waals surface area contributed by atoms with Crippen molar-refractivity contribution >= 4 is 57.2 Å². The van der Waals surface area contributed by atoms with Crippen LogP contribution in [0, 0.1) is 5.82 Å². The summed E-state index contributed by atoms with van der Waals surface area (Å²) in [7, 11) is 1.52. The molecule has 0 bridgehead atoms. The van der Waals surface area contributed by atoms with E-state index in [1.54, 1.807) is 23.2 Å². The van der Waals surface area contributed by atoms with Crippen molar-refractivity contribution < 1.29 is 23.5 Å². The molecule has 4 aromatic rings. The molecule has 0 spiro atoms. The zero-order valence-electron chi connectivity index (χ0n) is 22.8. The predicted molar refractivity (Wildman–Crippen MR) is 162 cm³/mol. The molecule has 1 fully saturated rings. The van der Waals surface area contributed by atoms with Crippen LogP contribution in [0.4, 0.5) is 26.8 Å². The molecule has 2 aliphatic heterocycles. The van der Waals surface area contributed by atoms with Crippen molar-refractivity contribution in [3.05, 3.63) is 77.2 Å². The monoisotopic (exact) mass is 621 g/mol. The first-order valence-electron chi connectivity index (χ1n) is 13.2. The van der Waals surface area contributed by atoms with E-state index in [1.165, 1.54) is 37.6 Å². The van der Waals surface area contributed by atoms with Crippen LogP contribution in [0.2, 0.25) is 5.02 Å². The molecule has 2 N–H and O–H groups in total. The van der Waals surface area contributed by atoms with Gasteiger partial charge in [-0.3, -0.25) is 9.59 Å². The van der Waals surface area contributed by atoms with Gasteiger partial charge in [0.1, 0.15) is 17.3 Å². The molecule has 43 heavy (non-hydrogen) atoms. The molecule has 5 heterocycles. The van der Waals surface area contributed by atoms with Crippen molar-refractivity contribution in [2.45, 2.75) is 6.04 Å². The van der Waals surface area contributed by atoms with Gasteiger partial charge in [-0.25, -0.2) is 19.3 Å². The first kappa shape index (κ1) is 28.4. The van der Waals surface area contributed by atoms with Crippen LogP contribution in [0.15, 0.2) is 61.4 Å². The molecule has 6 rings (SSSR count). The normalized spacial score (nSPS) is 15.6. The molecule has 1 atom stereocenters. The van der Waals surface area contributed by atoms with E-state index in [-0.39, 0.29) is 27.5 Å². The number of halogens is 2. The second kappa shape index (κ2) is 11.9. The molecule has 0 saturated carbocycles. The summed E-state index contributed by atoms with van der Waals surface area (Å²) in [6.07, 6.45) is 4.43. The van der Waals surface area contributed by atoms with E-state index in [0.717, 1.165) is 22.7 Å². The Hall–Kier alpha value is -4.75. The molecule has 220 valence electrons. The van der Waals surface area contributed by atoms with Crippen LogP contribution in [-0.2, 0) is 4.79 Å². The molecule has 1 aromatic carbocycles. The quantitative estimate of drug-likeness (QED) is 0.275. The van der Waals surface area contributed by atoms with Gasteiger partial charge in [-0.15, -0.1) is 0 Å². The average molecular weight is 622 g/mol. The van der Waals surface area contributed by atoms with Crippen molar-refractivity contribution in [2.75, 3.05) is 48.9 Å². The zero-order valence-corrected chi connectivity index (χ0v) is 24.4. The summed E-state index contributed by atoms with van der Waals surface area (Å²) in [6.45, 7) is 5.77. The maximum absolute atomic E-state index is 14.1. The van der Waals surface area contributed by atoms with Gasteiger partial charge in [-0.2, -0.15) is 0 Å². The highest BCUT2D eigenvalue weighted by molar-refractivity contribution is 7.17. The number of carbonyl (C=O) groups is 2. The van der Waals surface area contributed by atoms with Gasteiger partial charge >= 0.3 is 0 Å². The smallest absolute Gasteiger partial charge is 0.267 e. The minimum atomic E-state index is -0.640. The Morgan fingerprint density at radius 1 is 1.23 bits per heavy atom. The third-order valence-corrected chi connectivity index (χ3v) is 8.26. The number of carbonyl (C=O) groups excluding carboxylic acids is 2. The lowest BCUT2D eigenvalue weighted by molar-refractivity contribution is -0.127. The van der Waals surface area contributed by atoms with Gasteiger partial charge in [0, 0.05) is 31.4 Å². The fourth-order valence-electron chi connectivity index (χ4n) is 4.88. The number of amides is 2. The fraction of sp³-hybridized carbons (Fsp3) is 0.207. The van der Waals surface area contributed by atoms with Crippen molar-refractivity contribution in [1.82, 2.24) is 19.9 Å². The molecule has 0 unspecified atom stereocenters. The number of hydrogen-bond donors (Lipinski definition) is 2. The Labute approximate surface area is 254 Å². The lowest BCUT2D eigenvalue weighted by Crippen LogP contribution is -2.58. The van der Waals surface area contributed by atoms with E-state index in [0.29, 0.717) is 54.4 Å². The summed E-state index contributed by atoms with van der Waals surface area (Å²) in [5.74, 6) is 0.910. The number of para-hydroxylation sites is 1. The van der Waals surface area contributed by atoms with E-state index in [1.807, 2.05) is 6.07 Å².